The number of sulfonamides is 1. The van der Waals surface area contributed by atoms with Crippen LogP contribution in [0.5, 0.6) is 5.75 Å². The number of phenols is 1. The molecule has 0 unspecified atom stereocenters. The van der Waals surface area contributed by atoms with E-state index < -0.39 is 10.0 Å². The van der Waals surface area contributed by atoms with E-state index in [2.05, 4.69) is 9.71 Å². The van der Waals surface area contributed by atoms with Gasteiger partial charge in [-0.05, 0) is 31.2 Å². The molecule has 1 aromatic carbocycles. The summed E-state index contributed by atoms with van der Waals surface area (Å²) in [6, 6.07) is 10.7. The fraction of sp³-hybridized carbons (Fsp3) is 0.0833. The second kappa shape index (κ2) is 4.66. The van der Waals surface area contributed by atoms with E-state index >= 15 is 0 Å². The highest BCUT2D eigenvalue weighted by Gasteiger charge is 2.18. The van der Waals surface area contributed by atoms with Gasteiger partial charge in [0.05, 0.1) is 0 Å². The van der Waals surface area contributed by atoms with Crippen molar-refractivity contribution in [3.05, 3.63) is 48.2 Å². The van der Waals surface area contributed by atoms with Crippen molar-refractivity contribution >= 4 is 15.8 Å². The Morgan fingerprint density at radius 1 is 1.11 bits per heavy atom. The van der Waals surface area contributed by atoms with Crippen LogP contribution in [0, 0.1) is 6.92 Å². The molecular weight excluding hydrogens is 252 g/mol. The third kappa shape index (κ3) is 2.60. The molecule has 0 aliphatic rings. The molecule has 0 radical (unpaired) electrons. The topological polar surface area (TPSA) is 79.3 Å². The average Bonchev–Trinajstić information content (AvgIpc) is 2.28. The van der Waals surface area contributed by atoms with E-state index in [1.807, 2.05) is 0 Å². The van der Waals surface area contributed by atoms with Crippen LogP contribution in [0.1, 0.15) is 5.69 Å². The number of benzene rings is 1. The first kappa shape index (κ1) is 12.4. The summed E-state index contributed by atoms with van der Waals surface area (Å²) < 4.78 is 26.4. The molecule has 94 valence electrons. The molecule has 6 heteroatoms. The normalized spacial score (nSPS) is 11.2. The fourth-order valence-electron chi connectivity index (χ4n) is 1.48. The summed E-state index contributed by atoms with van der Waals surface area (Å²) in [4.78, 5) is 3.87. The zero-order valence-corrected chi connectivity index (χ0v) is 10.5. The number of hydrogen-bond donors (Lipinski definition) is 2. The summed E-state index contributed by atoms with van der Waals surface area (Å²) in [6.07, 6.45) is 0. The minimum absolute atomic E-state index is 0.173. The third-order valence-corrected chi connectivity index (χ3v) is 3.68. The molecule has 0 atom stereocenters. The van der Waals surface area contributed by atoms with Gasteiger partial charge in [-0.2, -0.15) is 0 Å². The number of hydrogen-bond acceptors (Lipinski definition) is 4. The number of aromatic hydroxyl groups is 1. The number of anilines is 1. The third-order valence-electron chi connectivity index (χ3n) is 2.28. The van der Waals surface area contributed by atoms with Gasteiger partial charge in [-0.3, -0.25) is 4.72 Å². The van der Waals surface area contributed by atoms with Crippen molar-refractivity contribution in [2.45, 2.75) is 11.8 Å². The molecule has 0 fully saturated rings. The molecule has 2 rings (SSSR count). The van der Waals surface area contributed by atoms with Crippen LogP contribution in [0.3, 0.4) is 0 Å². The van der Waals surface area contributed by atoms with Crippen molar-refractivity contribution in [3.63, 3.8) is 0 Å². The summed E-state index contributed by atoms with van der Waals surface area (Å²) in [5, 5.41) is 9.54. The second-order valence-electron chi connectivity index (χ2n) is 3.74. The Bertz CT molecular complexity index is 669. The van der Waals surface area contributed by atoms with Gasteiger partial charge in [-0.1, -0.05) is 18.2 Å². The predicted octanol–water partition coefficient (Wildman–Crippen LogP) is 1.90. The van der Waals surface area contributed by atoms with Crippen LogP contribution in [-0.4, -0.2) is 18.5 Å². The number of aromatic nitrogens is 1. The zero-order valence-electron chi connectivity index (χ0n) is 9.66. The zero-order chi connectivity index (χ0) is 13.2. The summed E-state index contributed by atoms with van der Waals surface area (Å²) in [6.45, 7) is 1.76. The molecule has 0 amide bonds. The Morgan fingerprint density at radius 3 is 2.50 bits per heavy atom. The van der Waals surface area contributed by atoms with Crippen molar-refractivity contribution in [1.82, 2.24) is 4.98 Å². The molecule has 2 N–H and O–H groups in total. The van der Waals surface area contributed by atoms with Crippen molar-refractivity contribution < 1.29 is 13.5 Å². The van der Waals surface area contributed by atoms with Crippen molar-refractivity contribution in [2.75, 3.05) is 4.72 Å². The SMILES string of the molecule is Cc1cccc(NS(=O)(=O)c2ccccc2O)n1. The van der Waals surface area contributed by atoms with Crippen LogP contribution in [0.15, 0.2) is 47.4 Å². The molecule has 0 spiro atoms. The molecule has 0 saturated heterocycles. The van der Waals surface area contributed by atoms with Crippen molar-refractivity contribution in [2.24, 2.45) is 0 Å². The van der Waals surface area contributed by atoms with Gasteiger partial charge >= 0.3 is 0 Å². The van der Waals surface area contributed by atoms with Gasteiger partial charge in [0, 0.05) is 5.69 Å². The van der Waals surface area contributed by atoms with Crippen LogP contribution < -0.4 is 4.72 Å². The van der Waals surface area contributed by atoms with Gasteiger partial charge in [-0.15, -0.1) is 0 Å². The first-order chi connectivity index (χ1) is 8.49. The van der Waals surface area contributed by atoms with Crippen molar-refractivity contribution in [3.8, 4) is 5.75 Å². The molecule has 0 aliphatic heterocycles. The highest BCUT2D eigenvalue weighted by molar-refractivity contribution is 7.92. The van der Waals surface area contributed by atoms with Crippen LogP contribution in [0.25, 0.3) is 0 Å². The number of nitrogens with one attached hydrogen (secondary N) is 1. The largest absolute Gasteiger partial charge is 0.507 e. The fourth-order valence-corrected chi connectivity index (χ4v) is 2.58. The first-order valence-electron chi connectivity index (χ1n) is 5.23. The maximum atomic E-state index is 12.0. The van der Waals surface area contributed by atoms with E-state index in [1.165, 1.54) is 18.2 Å². The van der Waals surface area contributed by atoms with Gasteiger partial charge in [-0.25, -0.2) is 13.4 Å². The Labute approximate surface area is 105 Å². The Morgan fingerprint density at radius 2 is 1.83 bits per heavy atom. The van der Waals surface area contributed by atoms with Crippen molar-refractivity contribution in [1.29, 1.82) is 0 Å². The second-order valence-corrected chi connectivity index (χ2v) is 5.39. The lowest BCUT2D eigenvalue weighted by Gasteiger charge is -2.08. The number of phenolic OH excluding ortho intramolecular Hbond substituents is 1. The smallest absolute Gasteiger partial charge is 0.266 e. The summed E-state index contributed by atoms with van der Waals surface area (Å²) in [7, 11) is -3.82. The Hall–Kier alpha value is -2.08. The van der Waals surface area contributed by atoms with Crippen LogP contribution in [0.4, 0.5) is 5.82 Å². The summed E-state index contributed by atoms with van der Waals surface area (Å²) >= 11 is 0. The molecule has 0 aliphatic carbocycles. The molecule has 0 bridgehead atoms. The maximum Gasteiger partial charge on any atom is 0.266 e. The van der Waals surface area contributed by atoms with Crippen LogP contribution >= 0.6 is 0 Å². The van der Waals surface area contributed by atoms with Crippen LogP contribution in [-0.2, 0) is 10.0 Å². The highest BCUT2D eigenvalue weighted by atomic mass is 32.2. The molecule has 2 aromatic rings. The summed E-state index contributed by atoms with van der Waals surface area (Å²) in [5.74, 6) is -0.0732. The van der Waals surface area contributed by atoms with Gasteiger partial charge in [0.1, 0.15) is 16.5 Å². The van der Waals surface area contributed by atoms with Gasteiger partial charge < -0.3 is 5.11 Å². The van der Waals surface area contributed by atoms with Crippen LogP contribution in [0.2, 0.25) is 0 Å². The maximum absolute atomic E-state index is 12.0. The number of aryl methyl sites for hydroxylation is 1. The van der Waals surface area contributed by atoms with E-state index in [1.54, 1.807) is 31.2 Å². The number of nitrogens with zero attached hydrogens (tertiary/aromatic N) is 1. The highest BCUT2D eigenvalue weighted by Crippen LogP contribution is 2.23. The van der Waals surface area contributed by atoms with E-state index in [0.29, 0.717) is 5.69 Å². The molecule has 5 nitrogen and oxygen atoms in total. The minimum Gasteiger partial charge on any atom is -0.507 e. The van der Waals surface area contributed by atoms with E-state index in [-0.39, 0.29) is 16.5 Å². The van der Waals surface area contributed by atoms with E-state index in [0.717, 1.165) is 0 Å². The molecule has 1 aromatic heterocycles. The standard InChI is InChI=1S/C12H12N2O3S/c1-9-5-4-8-12(13-9)14-18(16,17)11-7-3-2-6-10(11)15/h2-8,15H,1H3,(H,13,14). The van der Waals surface area contributed by atoms with E-state index in [9.17, 15) is 13.5 Å². The minimum atomic E-state index is -3.82. The Balaban J connectivity index is 2.37. The van der Waals surface area contributed by atoms with E-state index in [4.69, 9.17) is 0 Å². The quantitative estimate of drug-likeness (QED) is 0.887. The number of para-hydroxylation sites is 1. The predicted molar refractivity (Wildman–Crippen MR) is 67.9 cm³/mol. The molecule has 1 heterocycles. The lowest BCUT2D eigenvalue weighted by atomic mass is 10.3. The average molecular weight is 264 g/mol. The monoisotopic (exact) mass is 264 g/mol. The lowest BCUT2D eigenvalue weighted by Crippen LogP contribution is -2.14. The molecular formula is C12H12N2O3S. The van der Waals surface area contributed by atoms with Gasteiger partial charge in [0.2, 0.25) is 0 Å². The van der Waals surface area contributed by atoms with Gasteiger partial charge in [0.25, 0.3) is 10.0 Å². The molecule has 18 heavy (non-hydrogen) atoms. The lowest BCUT2D eigenvalue weighted by molar-refractivity contribution is 0.459. The van der Waals surface area contributed by atoms with Gasteiger partial charge in [0.15, 0.2) is 0 Å². The number of rotatable bonds is 3. The first-order valence-corrected chi connectivity index (χ1v) is 6.72. The number of pyridine rings is 1. The summed E-state index contributed by atoms with van der Waals surface area (Å²) in [5.41, 5.74) is 0.701. The Kier molecular flexibility index (Phi) is 3.20. The molecule has 0 saturated carbocycles.